The molecule has 0 spiro atoms. The molecule has 2 aliphatic carbocycles. The lowest BCUT2D eigenvalue weighted by Crippen LogP contribution is -2.12. The summed E-state index contributed by atoms with van der Waals surface area (Å²) in [7, 11) is 0. The first kappa shape index (κ1) is 10.4. The fraction of sp³-hybridized carbons (Fsp3) is 0.333. The zero-order valence-electron chi connectivity index (χ0n) is 10.8. The summed E-state index contributed by atoms with van der Waals surface area (Å²) in [6.07, 6.45) is 2.71. The summed E-state index contributed by atoms with van der Waals surface area (Å²) < 4.78 is 0. The molecule has 1 saturated carbocycles. The number of fused-ring (bicyclic) bond motifs is 6. The fourth-order valence-electron chi connectivity index (χ4n) is 4.11. The van der Waals surface area contributed by atoms with Crippen LogP contribution in [0.5, 0.6) is 0 Å². The first-order valence-corrected chi connectivity index (χ1v) is 7.03. The number of benzene rings is 2. The van der Waals surface area contributed by atoms with Gasteiger partial charge in [-0.05, 0) is 52.8 Å². The summed E-state index contributed by atoms with van der Waals surface area (Å²) in [5.74, 6) is 2.37. The van der Waals surface area contributed by atoms with Crippen LogP contribution < -0.4 is 0 Å². The normalized spacial score (nSPS) is 28.4. The molecule has 0 aliphatic heterocycles. The minimum Gasteiger partial charge on any atom is -0.0625 e. The molecule has 0 radical (unpaired) electrons. The highest BCUT2D eigenvalue weighted by atomic mass is 14.4. The second-order valence-corrected chi connectivity index (χ2v) is 5.96. The minimum absolute atomic E-state index is 0.756. The van der Waals surface area contributed by atoms with Gasteiger partial charge in [0.1, 0.15) is 0 Å². The van der Waals surface area contributed by atoms with E-state index in [1.54, 1.807) is 11.1 Å². The average molecular weight is 234 g/mol. The smallest absolute Gasteiger partial charge is 0.00841 e. The van der Waals surface area contributed by atoms with Crippen LogP contribution in [0.1, 0.15) is 42.7 Å². The van der Waals surface area contributed by atoms with Gasteiger partial charge in [-0.25, -0.2) is 0 Å². The van der Waals surface area contributed by atoms with Crippen LogP contribution in [0.4, 0.5) is 0 Å². The highest BCUT2D eigenvalue weighted by Gasteiger charge is 2.39. The third-order valence-corrected chi connectivity index (χ3v) is 4.81. The summed E-state index contributed by atoms with van der Waals surface area (Å²) >= 11 is 0. The number of hydrogen-bond acceptors (Lipinski definition) is 0. The average Bonchev–Trinajstić information content (AvgIpc) is 2.81. The van der Waals surface area contributed by atoms with E-state index in [0.29, 0.717) is 0 Å². The first-order valence-electron chi connectivity index (χ1n) is 7.03. The Bertz CT molecular complexity index is 543. The highest BCUT2D eigenvalue weighted by molar-refractivity contribution is 5.75. The third-order valence-electron chi connectivity index (χ3n) is 4.81. The summed E-state index contributed by atoms with van der Waals surface area (Å²) in [6.45, 7) is 2.41. The van der Waals surface area contributed by atoms with E-state index in [2.05, 4.69) is 55.5 Å². The quantitative estimate of drug-likeness (QED) is 0.604. The van der Waals surface area contributed by atoms with Crippen molar-refractivity contribution in [2.75, 3.05) is 0 Å². The molecular weight excluding hydrogens is 216 g/mol. The van der Waals surface area contributed by atoms with Gasteiger partial charge in [0.05, 0.1) is 0 Å². The van der Waals surface area contributed by atoms with Crippen molar-refractivity contribution in [3.8, 4) is 11.1 Å². The first-order chi connectivity index (χ1) is 8.84. The predicted octanol–water partition coefficient (Wildman–Crippen LogP) is 4.96. The van der Waals surface area contributed by atoms with Gasteiger partial charge in [-0.1, -0.05) is 55.5 Å². The Morgan fingerprint density at radius 2 is 1.17 bits per heavy atom. The molecule has 0 amide bonds. The Balaban J connectivity index is 2.00. The van der Waals surface area contributed by atoms with Gasteiger partial charge in [-0.15, -0.1) is 0 Å². The monoisotopic (exact) mass is 234 g/mol. The maximum atomic E-state index is 2.41. The van der Waals surface area contributed by atoms with E-state index in [0.717, 1.165) is 17.8 Å². The van der Waals surface area contributed by atoms with Gasteiger partial charge in [0.25, 0.3) is 0 Å². The Kier molecular flexibility index (Phi) is 2.14. The molecule has 0 heterocycles. The summed E-state index contributed by atoms with van der Waals surface area (Å²) in [6, 6.07) is 18.0. The largest absolute Gasteiger partial charge is 0.0625 e. The van der Waals surface area contributed by atoms with E-state index in [-0.39, 0.29) is 0 Å². The maximum Gasteiger partial charge on any atom is -0.00841 e. The SMILES string of the molecule is CC1CC2c3ccccc3-c3ccccc3C2C1. The van der Waals surface area contributed by atoms with E-state index in [4.69, 9.17) is 0 Å². The highest BCUT2D eigenvalue weighted by Crippen LogP contribution is 2.55. The van der Waals surface area contributed by atoms with Crippen molar-refractivity contribution in [3.05, 3.63) is 59.7 Å². The van der Waals surface area contributed by atoms with Crippen LogP contribution >= 0.6 is 0 Å². The summed E-state index contributed by atoms with van der Waals surface area (Å²) in [4.78, 5) is 0. The molecule has 2 aromatic rings. The van der Waals surface area contributed by atoms with Crippen molar-refractivity contribution in [2.45, 2.75) is 31.6 Å². The molecule has 2 aromatic carbocycles. The molecule has 0 heteroatoms. The Morgan fingerprint density at radius 3 is 1.67 bits per heavy atom. The van der Waals surface area contributed by atoms with E-state index in [1.165, 1.54) is 24.0 Å². The van der Waals surface area contributed by atoms with Gasteiger partial charge in [0.2, 0.25) is 0 Å². The van der Waals surface area contributed by atoms with Crippen molar-refractivity contribution >= 4 is 0 Å². The van der Waals surface area contributed by atoms with Crippen molar-refractivity contribution < 1.29 is 0 Å². The molecule has 0 N–H and O–H groups in total. The topological polar surface area (TPSA) is 0 Å². The summed E-state index contributed by atoms with van der Waals surface area (Å²) in [5.41, 5.74) is 6.13. The Labute approximate surface area is 109 Å². The van der Waals surface area contributed by atoms with Crippen LogP contribution in [0.15, 0.2) is 48.5 Å². The van der Waals surface area contributed by atoms with Crippen LogP contribution in [0.3, 0.4) is 0 Å². The standard InChI is InChI=1S/C18H18/c1-12-10-17-15-8-4-2-6-13(15)14-7-3-5-9-16(14)18(17)11-12/h2-9,12,17-18H,10-11H2,1H3. The van der Waals surface area contributed by atoms with Gasteiger partial charge in [-0.2, -0.15) is 0 Å². The van der Waals surface area contributed by atoms with Crippen LogP contribution in [0.25, 0.3) is 11.1 Å². The van der Waals surface area contributed by atoms with Crippen LogP contribution in [0.2, 0.25) is 0 Å². The second-order valence-electron chi connectivity index (χ2n) is 5.96. The number of rotatable bonds is 0. The minimum atomic E-state index is 0.756. The molecule has 18 heavy (non-hydrogen) atoms. The molecular formula is C18H18. The predicted molar refractivity (Wildman–Crippen MR) is 75.8 cm³/mol. The third kappa shape index (κ3) is 1.32. The molecule has 0 saturated heterocycles. The molecule has 1 fully saturated rings. The van der Waals surface area contributed by atoms with E-state index in [9.17, 15) is 0 Å². The Hall–Kier alpha value is -1.56. The Morgan fingerprint density at radius 1 is 0.722 bits per heavy atom. The van der Waals surface area contributed by atoms with Crippen molar-refractivity contribution in [1.29, 1.82) is 0 Å². The van der Waals surface area contributed by atoms with Gasteiger partial charge < -0.3 is 0 Å². The molecule has 90 valence electrons. The number of hydrogen-bond donors (Lipinski definition) is 0. The summed E-state index contributed by atoms with van der Waals surface area (Å²) in [5, 5.41) is 0. The molecule has 2 unspecified atom stereocenters. The van der Waals surface area contributed by atoms with E-state index >= 15 is 0 Å². The lowest BCUT2D eigenvalue weighted by molar-refractivity contribution is 0.595. The lowest BCUT2D eigenvalue weighted by Gasteiger charge is -2.30. The zero-order valence-corrected chi connectivity index (χ0v) is 10.8. The van der Waals surface area contributed by atoms with Crippen molar-refractivity contribution in [1.82, 2.24) is 0 Å². The van der Waals surface area contributed by atoms with E-state index < -0.39 is 0 Å². The molecule has 4 rings (SSSR count). The van der Waals surface area contributed by atoms with Crippen LogP contribution in [-0.4, -0.2) is 0 Å². The maximum absolute atomic E-state index is 2.41. The second kappa shape index (κ2) is 3.71. The fourth-order valence-corrected chi connectivity index (χ4v) is 4.11. The van der Waals surface area contributed by atoms with Crippen LogP contribution in [0, 0.1) is 5.92 Å². The molecule has 0 bridgehead atoms. The van der Waals surface area contributed by atoms with E-state index in [1.807, 2.05) is 0 Å². The van der Waals surface area contributed by atoms with Gasteiger partial charge in [0, 0.05) is 0 Å². The van der Waals surface area contributed by atoms with Crippen molar-refractivity contribution in [3.63, 3.8) is 0 Å². The lowest BCUT2D eigenvalue weighted by atomic mass is 9.73. The molecule has 2 aliphatic rings. The molecule has 0 nitrogen and oxygen atoms in total. The van der Waals surface area contributed by atoms with Gasteiger partial charge >= 0.3 is 0 Å². The zero-order chi connectivity index (χ0) is 12.1. The van der Waals surface area contributed by atoms with Crippen LogP contribution in [-0.2, 0) is 0 Å². The molecule has 2 atom stereocenters. The molecule has 0 aromatic heterocycles. The van der Waals surface area contributed by atoms with Gasteiger partial charge in [0.15, 0.2) is 0 Å². The van der Waals surface area contributed by atoms with Gasteiger partial charge in [-0.3, -0.25) is 0 Å². The van der Waals surface area contributed by atoms with Crippen molar-refractivity contribution in [2.24, 2.45) is 5.92 Å².